The fourth-order valence-electron chi connectivity index (χ4n) is 1.32. The summed E-state index contributed by atoms with van der Waals surface area (Å²) in [4.78, 5) is 0. The molecule has 2 atom stereocenters. The van der Waals surface area contributed by atoms with Gasteiger partial charge >= 0.3 is 0 Å². The Hall–Kier alpha value is -0.570. The third-order valence-corrected chi connectivity index (χ3v) is 2.89. The van der Waals surface area contributed by atoms with Crippen molar-refractivity contribution >= 4 is 11.6 Å². The topological polar surface area (TPSA) is 29.5 Å². The zero-order valence-corrected chi connectivity index (χ0v) is 9.38. The average Bonchev–Trinajstić information content (AvgIpc) is 2.17. The molecule has 1 N–H and O–H groups in total. The zero-order valence-electron chi connectivity index (χ0n) is 8.62. The maximum atomic E-state index is 10.2. The van der Waals surface area contributed by atoms with Crippen LogP contribution in [0.2, 0.25) is 5.02 Å². The van der Waals surface area contributed by atoms with Crippen molar-refractivity contribution in [2.24, 2.45) is 0 Å². The van der Waals surface area contributed by atoms with Crippen LogP contribution in [0.5, 0.6) is 0 Å². The molecule has 0 aliphatic carbocycles. The van der Waals surface area contributed by atoms with E-state index in [1.165, 1.54) is 0 Å². The normalized spacial score (nSPS) is 17.5. The van der Waals surface area contributed by atoms with Gasteiger partial charge in [-0.3, -0.25) is 0 Å². The van der Waals surface area contributed by atoms with Crippen molar-refractivity contribution < 1.29 is 9.84 Å². The summed E-state index contributed by atoms with van der Waals surface area (Å²) in [5, 5.41) is 10.8. The molecule has 0 aliphatic rings. The maximum absolute atomic E-state index is 10.2. The summed E-state index contributed by atoms with van der Waals surface area (Å²) in [6.07, 6.45) is -0.303. The number of aliphatic hydroxyl groups is 1. The fraction of sp³-hybridized carbons (Fsp3) is 0.455. The highest BCUT2D eigenvalue weighted by molar-refractivity contribution is 6.31. The number of rotatable bonds is 3. The van der Waals surface area contributed by atoms with Gasteiger partial charge in [0.15, 0.2) is 0 Å². The summed E-state index contributed by atoms with van der Waals surface area (Å²) < 4.78 is 5.12. The molecule has 2 nitrogen and oxygen atoms in total. The maximum Gasteiger partial charge on any atom is 0.114 e. The largest absolute Gasteiger partial charge is 0.383 e. The highest BCUT2D eigenvalue weighted by Gasteiger charge is 2.32. The lowest BCUT2D eigenvalue weighted by atomic mass is 9.91. The van der Waals surface area contributed by atoms with Crippen LogP contribution in [0, 0.1) is 0 Å². The molecule has 14 heavy (non-hydrogen) atoms. The SMILES string of the molecule is COC(C)C(C)(O)c1ccccc1Cl. The Morgan fingerprint density at radius 3 is 2.50 bits per heavy atom. The second kappa shape index (κ2) is 4.30. The van der Waals surface area contributed by atoms with Crippen LogP contribution in [-0.2, 0) is 10.3 Å². The second-order valence-electron chi connectivity index (χ2n) is 3.51. The van der Waals surface area contributed by atoms with Gasteiger partial charge in [-0.25, -0.2) is 0 Å². The van der Waals surface area contributed by atoms with Crippen LogP contribution < -0.4 is 0 Å². The number of benzene rings is 1. The van der Waals surface area contributed by atoms with E-state index in [0.29, 0.717) is 10.6 Å². The third-order valence-electron chi connectivity index (χ3n) is 2.56. The van der Waals surface area contributed by atoms with E-state index in [2.05, 4.69) is 0 Å². The summed E-state index contributed by atoms with van der Waals surface area (Å²) in [5.74, 6) is 0. The van der Waals surface area contributed by atoms with Crippen LogP contribution in [0.4, 0.5) is 0 Å². The van der Waals surface area contributed by atoms with Crippen LogP contribution in [0.3, 0.4) is 0 Å². The van der Waals surface area contributed by atoms with Crippen LogP contribution in [0.25, 0.3) is 0 Å². The van der Waals surface area contributed by atoms with Gasteiger partial charge in [-0.2, -0.15) is 0 Å². The zero-order chi connectivity index (χ0) is 10.8. The van der Waals surface area contributed by atoms with Gasteiger partial charge in [0, 0.05) is 17.7 Å². The molecule has 0 spiro atoms. The van der Waals surface area contributed by atoms with Gasteiger partial charge in [0.05, 0.1) is 6.10 Å². The van der Waals surface area contributed by atoms with Gasteiger partial charge in [-0.1, -0.05) is 29.8 Å². The van der Waals surface area contributed by atoms with E-state index in [0.717, 1.165) is 0 Å². The Morgan fingerprint density at radius 2 is 2.00 bits per heavy atom. The molecule has 0 saturated heterocycles. The molecule has 0 amide bonds. The van der Waals surface area contributed by atoms with E-state index >= 15 is 0 Å². The van der Waals surface area contributed by atoms with E-state index in [4.69, 9.17) is 16.3 Å². The minimum atomic E-state index is -1.06. The molecule has 0 aromatic heterocycles. The number of halogens is 1. The first-order valence-corrected chi connectivity index (χ1v) is 4.88. The van der Waals surface area contributed by atoms with Crippen LogP contribution in [0.1, 0.15) is 19.4 Å². The molecule has 0 radical (unpaired) electrons. The molecule has 0 saturated carbocycles. The van der Waals surface area contributed by atoms with Crippen LogP contribution in [0.15, 0.2) is 24.3 Å². The van der Waals surface area contributed by atoms with Crippen LogP contribution in [-0.4, -0.2) is 18.3 Å². The standard InChI is InChI=1S/C11H15ClO2/c1-8(14-3)11(2,13)9-6-4-5-7-10(9)12/h4-8,13H,1-3H3. The minimum absolute atomic E-state index is 0.303. The van der Waals surface area contributed by atoms with Crippen molar-refractivity contribution in [1.29, 1.82) is 0 Å². The van der Waals surface area contributed by atoms with Crippen molar-refractivity contribution in [3.63, 3.8) is 0 Å². The Bertz CT molecular complexity index is 310. The van der Waals surface area contributed by atoms with Crippen molar-refractivity contribution in [2.45, 2.75) is 25.6 Å². The summed E-state index contributed by atoms with van der Waals surface area (Å²) in [6, 6.07) is 7.24. The summed E-state index contributed by atoms with van der Waals surface area (Å²) in [6.45, 7) is 3.51. The van der Waals surface area contributed by atoms with E-state index in [1.54, 1.807) is 26.2 Å². The molecule has 1 aromatic carbocycles. The van der Waals surface area contributed by atoms with E-state index in [-0.39, 0.29) is 6.10 Å². The highest BCUT2D eigenvalue weighted by atomic mass is 35.5. The molecule has 2 unspecified atom stereocenters. The predicted octanol–water partition coefficient (Wildman–Crippen LogP) is 2.58. The molecule has 1 rings (SSSR count). The molecular weight excluding hydrogens is 200 g/mol. The lowest BCUT2D eigenvalue weighted by molar-refractivity contribution is -0.0771. The first-order valence-electron chi connectivity index (χ1n) is 4.50. The molecule has 0 heterocycles. The Kier molecular flexibility index (Phi) is 3.53. The molecule has 0 bridgehead atoms. The third kappa shape index (κ3) is 2.08. The van der Waals surface area contributed by atoms with Crippen molar-refractivity contribution in [3.05, 3.63) is 34.9 Å². The smallest absolute Gasteiger partial charge is 0.114 e. The van der Waals surface area contributed by atoms with E-state index in [1.807, 2.05) is 19.1 Å². The molecule has 78 valence electrons. The summed E-state index contributed by atoms with van der Waals surface area (Å²) >= 11 is 5.99. The Balaban J connectivity index is 3.09. The number of hydrogen-bond acceptors (Lipinski definition) is 2. The minimum Gasteiger partial charge on any atom is -0.383 e. The number of hydrogen-bond donors (Lipinski definition) is 1. The lowest BCUT2D eigenvalue weighted by Crippen LogP contribution is -2.35. The Morgan fingerprint density at radius 1 is 1.43 bits per heavy atom. The van der Waals surface area contributed by atoms with Gasteiger partial charge < -0.3 is 9.84 Å². The summed E-state index contributed by atoms with van der Waals surface area (Å²) in [7, 11) is 1.57. The van der Waals surface area contributed by atoms with E-state index < -0.39 is 5.60 Å². The summed E-state index contributed by atoms with van der Waals surface area (Å²) in [5.41, 5.74) is -0.372. The lowest BCUT2D eigenvalue weighted by Gasteiger charge is -2.30. The van der Waals surface area contributed by atoms with Crippen molar-refractivity contribution in [1.82, 2.24) is 0 Å². The van der Waals surface area contributed by atoms with Gasteiger partial charge in [0.2, 0.25) is 0 Å². The number of methoxy groups -OCH3 is 1. The van der Waals surface area contributed by atoms with Gasteiger partial charge in [-0.05, 0) is 19.9 Å². The van der Waals surface area contributed by atoms with Crippen molar-refractivity contribution in [2.75, 3.05) is 7.11 Å². The number of ether oxygens (including phenoxy) is 1. The van der Waals surface area contributed by atoms with Gasteiger partial charge in [0.1, 0.15) is 5.60 Å². The highest BCUT2D eigenvalue weighted by Crippen LogP contribution is 2.31. The first-order chi connectivity index (χ1) is 6.50. The predicted molar refractivity (Wildman–Crippen MR) is 57.5 cm³/mol. The first kappa shape index (κ1) is 11.5. The second-order valence-corrected chi connectivity index (χ2v) is 3.91. The van der Waals surface area contributed by atoms with Gasteiger partial charge in [0.25, 0.3) is 0 Å². The van der Waals surface area contributed by atoms with E-state index in [9.17, 15) is 5.11 Å². The molecule has 0 aliphatic heterocycles. The fourth-order valence-corrected chi connectivity index (χ4v) is 1.65. The monoisotopic (exact) mass is 214 g/mol. The quantitative estimate of drug-likeness (QED) is 0.838. The molecule has 3 heteroatoms. The van der Waals surface area contributed by atoms with Crippen molar-refractivity contribution in [3.8, 4) is 0 Å². The molecule has 0 fully saturated rings. The molecule has 1 aromatic rings. The molecular formula is C11H15ClO2. The van der Waals surface area contributed by atoms with Gasteiger partial charge in [-0.15, -0.1) is 0 Å². The average molecular weight is 215 g/mol. The van der Waals surface area contributed by atoms with Crippen LogP contribution >= 0.6 is 11.6 Å². The Labute approximate surface area is 89.5 Å².